The second kappa shape index (κ2) is 11.7. The lowest BCUT2D eigenvalue weighted by molar-refractivity contribution is 0.883. The first-order valence-corrected chi connectivity index (χ1v) is 17.0. The van der Waals surface area contributed by atoms with Gasteiger partial charge in [0.15, 0.2) is 5.82 Å². The zero-order valence-corrected chi connectivity index (χ0v) is 26.4. The summed E-state index contributed by atoms with van der Waals surface area (Å²) in [5, 5.41) is 2.92. The molecule has 9 rings (SSSR count). The number of thioether (sulfide) groups is 1. The van der Waals surface area contributed by atoms with Gasteiger partial charge in [0.05, 0.1) is 11.4 Å². The molecule has 2 unspecified atom stereocenters. The quantitative estimate of drug-likeness (QED) is 0.192. The molecule has 47 heavy (non-hydrogen) atoms. The molecule has 1 aliphatic heterocycles. The maximum absolute atomic E-state index is 5.26. The van der Waals surface area contributed by atoms with Crippen molar-refractivity contribution in [1.82, 2.24) is 9.97 Å². The van der Waals surface area contributed by atoms with Crippen LogP contribution in [-0.2, 0) is 0 Å². The fourth-order valence-corrected chi connectivity index (χ4v) is 8.36. The Morgan fingerprint density at radius 2 is 1.17 bits per heavy atom. The number of fused-ring (bicyclic) bond motifs is 4. The fraction of sp³-hybridized carbons (Fsp3) is 0.0455. The first kappa shape index (κ1) is 27.8. The normalized spacial score (nSPS) is 16.3. The highest BCUT2D eigenvalue weighted by Gasteiger charge is 2.35. The van der Waals surface area contributed by atoms with Gasteiger partial charge < -0.3 is 0 Å². The molecule has 2 atom stereocenters. The number of nitrogens with zero attached hydrogens (tertiary/aromatic N) is 2. The van der Waals surface area contributed by atoms with Crippen LogP contribution >= 0.6 is 11.8 Å². The summed E-state index contributed by atoms with van der Waals surface area (Å²) in [6.07, 6.45) is 9.09. The lowest BCUT2D eigenvalue weighted by Gasteiger charge is -2.21. The van der Waals surface area contributed by atoms with E-state index in [1.165, 1.54) is 43.5 Å². The Morgan fingerprint density at radius 3 is 2.00 bits per heavy atom. The van der Waals surface area contributed by atoms with Crippen LogP contribution in [0.1, 0.15) is 11.5 Å². The zero-order chi connectivity index (χ0) is 31.2. The molecule has 1 aromatic heterocycles. The summed E-state index contributed by atoms with van der Waals surface area (Å²) in [7, 11) is 0. The van der Waals surface area contributed by atoms with Gasteiger partial charge in [-0.1, -0.05) is 158 Å². The summed E-state index contributed by atoms with van der Waals surface area (Å²) >= 11 is 1.96. The van der Waals surface area contributed by atoms with Gasteiger partial charge in [0.2, 0.25) is 0 Å². The molecule has 2 nitrogen and oxygen atoms in total. The van der Waals surface area contributed by atoms with Crippen molar-refractivity contribution in [2.75, 3.05) is 0 Å². The van der Waals surface area contributed by atoms with Crippen LogP contribution in [0.5, 0.6) is 0 Å². The highest BCUT2D eigenvalue weighted by atomic mass is 32.2. The van der Waals surface area contributed by atoms with Gasteiger partial charge in [-0.25, -0.2) is 9.97 Å². The number of hydrogen-bond donors (Lipinski definition) is 0. The average molecular weight is 619 g/mol. The summed E-state index contributed by atoms with van der Waals surface area (Å²) in [4.78, 5) is 11.7. The van der Waals surface area contributed by atoms with Crippen molar-refractivity contribution < 1.29 is 0 Å². The van der Waals surface area contributed by atoms with E-state index in [0.29, 0.717) is 11.2 Å². The molecule has 0 bridgehead atoms. The van der Waals surface area contributed by atoms with Crippen molar-refractivity contribution >= 4 is 22.5 Å². The molecule has 0 spiro atoms. The standard InChI is InChI=1S/C44H30N2S/c1-3-13-31(14-4-1)38-28-39(46-44(45-38)33-15-5-2-6-16-33)36-26-27-41-43(37-19-9-10-21-40(37)47-41)42(36)32-24-22-30(23-25-32)35-20-11-17-29-12-7-8-18-34(29)35/h1-28,37,40H. The lowest BCUT2D eigenvalue weighted by atomic mass is 9.83. The summed E-state index contributed by atoms with van der Waals surface area (Å²) < 4.78 is 0. The summed E-state index contributed by atoms with van der Waals surface area (Å²) in [5.74, 6) is 1.03. The smallest absolute Gasteiger partial charge is 0.160 e. The van der Waals surface area contributed by atoms with Crippen LogP contribution in [-0.4, -0.2) is 15.2 Å². The van der Waals surface area contributed by atoms with Crippen LogP contribution < -0.4 is 0 Å². The van der Waals surface area contributed by atoms with E-state index in [1.807, 2.05) is 36.0 Å². The van der Waals surface area contributed by atoms with Crippen LogP contribution in [0.4, 0.5) is 0 Å². The van der Waals surface area contributed by atoms with Crippen LogP contribution in [0, 0.1) is 0 Å². The second-order valence-corrected chi connectivity index (χ2v) is 13.3. The third kappa shape index (κ3) is 5.00. The fourth-order valence-electron chi connectivity index (χ4n) is 7.02. The lowest BCUT2D eigenvalue weighted by Crippen LogP contribution is -2.08. The topological polar surface area (TPSA) is 25.8 Å². The van der Waals surface area contributed by atoms with Crippen molar-refractivity contribution in [2.45, 2.75) is 16.1 Å². The van der Waals surface area contributed by atoms with E-state index in [1.54, 1.807) is 0 Å². The predicted octanol–water partition coefficient (Wildman–Crippen LogP) is 11.6. The summed E-state index contributed by atoms with van der Waals surface area (Å²) in [6, 6.07) is 51.8. The van der Waals surface area contributed by atoms with Gasteiger partial charge in [0, 0.05) is 32.8 Å². The summed E-state index contributed by atoms with van der Waals surface area (Å²) in [5.41, 5.74) is 11.4. The molecule has 2 heterocycles. The van der Waals surface area contributed by atoms with Crippen molar-refractivity contribution in [3.63, 3.8) is 0 Å². The van der Waals surface area contributed by atoms with Crippen LogP contribution in [0.15, 0.2) is 175 Å². The third-order valence-corrected chi connectivity index (χ3v) is 10.6. The van der Waals surface area contributed by atoms with E-state index in [4.69, 9.17) is 9.97 Å². The minimum Gasteiger partial charge on any atom is -0.228 e. The Kier molecular flexibility index (Phi) is 6.91. The first-order chi connectivity index (χ1) is 23.3. The molecular weight excluding hydrogens is 589 g/mol. The Balaban J connectivity index is 1.26. The van der Waals surface area contributed by atoms with Crippen molar-refractivity contribution in [1.29, 1.82) is 0 Å². The molecule has 222 valence electrons. The molecule has 0 radical (unpaired) electrons. The van der Waals surface area contributed by atoms with Gasteiger partial charge in [-0.05, 0) is 50.7 Å². The molecule has 7 aromatic rings. The number of allylic oxidation sites excluding steroid dienone is 3. The van der Waals surface area contributed by atoms with E-state index in [-0.39, 0.29) is 0 Å². The van der Waals surface area contributed by atoms with Gasteiger partial charge in [-0.2, -0.15) is 0 Å². The Bertz CT molecular complexity index is 2260. The van der Waals surface area contributed by atoms with Gasteiger partial charge >= 0.3 is 0 Å². The molecule has 0 amide bonds. The number of hydrogen-bond acceptors (Lipinski definition) is 3. The van der Waals surface area contributed by atoms with E-state index in [2.05, 4.69) is 146 Å². The van der Waals surface area contributed by atoms with Crippen LogP contribution in [0.2, 0.25) is 0 Å². The van der Waals surface area contributed by atoms with Crippen molar-refractivity contribution in [3.05, 3.63) is 175 Å². The van der Waals surface area contributed by atoms with E-state index >= 15 is 0 Å². The first-order valence-electron chi connectivity index (χ1n) is 16.1. The van der Waals surface area contributed by atoms with Gasteiger partial charge in [0.1, 0.15) is 0 Å². The molecule has 0 N–H and O–H groups in total. The van der Waals surface area contributed by atoms with Crippen molar-refractivity contribution in [2.24, 2.45) is 0 Å². The maximum Gasteiger partial charge on any atom is 0.160 e. The average Bonchev–Trinajstić information content (AvgIpc) is 3.54. The van der Waals surface area contributed by atoms with Gasteiger partial charge in [-0.15, -0.1) is 11.8 Å². The maximum atomic E-state index is 5.26. The van der Waals surface area contributed by atoms with Gasteiger partial charge in [0.25, 0.3) is 0 Å². The SMILES string of the molecule is C1=CC2Sc3ccc(-c4cc(-c5ccccc5)nc(-c5ccccc5)n4)c(-c4ccc(-c5cccc6ccccc56)cc4)c3C2C=C1. The van der Waals surface area contributed by atoms with Crippen LogP contribution in [0.25, 0.3) is 66.9 Å². The molecule has 3 heteroatoms. The third-order valence-electron chi connectivity index (χ3n) is 9.26. The van der Waals surface area contributed by atoms with E-state index in [9.17, 15) is 0 Å². The Morgan fingerprint density at radius 1 is 0.489 bits per heavy atom. The molecule has 1 aliphatic carbocycles. The molecule has 0 saturated heterocycles. The largest absolute Gasteiger partial charge is 0.228 e. The highest BCUT2D eigenvalue weighted by Crippen LogP contribution is 2.54. The Hall–Kier alpha value is -5.51. The monoisotopic (exact) mass is 618 g/mol. The minimum atomic E-state index is 0.303. The zero-order valence-electron chi connectivity index (χ0n) is 25.6. The number of benzene rings is 6. The minimum absolute atomic E-state index is 0.303. The molecule has 2 aliphatic rings. The van der Waals surface area contributed by atoms with E-state index < -0.39 is 0 Å². The van der Waals surface area contributed by atoms with Crippen LogP contribution in [0.3, 0.4) is 0 Å². The van der Waals surface area contributed by atoms with E-state index in [0.717, 1.165) is 33.9 Å². The highest BCUT2D eigenvalue weighted by molar-refractivity contribution is 8.00. The Labute approximate surface area is 279 Å². The van der Waals surface area contributed by atoms with Gasteiger partial charge in [-0.3, -0.25) is 0 Å². The number of rotatable bonds is 5. The molecule has 0 saturated carbocycles. The second-order valence-electron chi connectivity index (χ2n) is 12.1. The summed E-state index contributed by atoms with van der Waals surface area (Å²) in [6.45, 7) is 0. The molecule has 6 aromatic carbocycles. The predicted molar refractivity (Wildman–Crippen MR) is 197 cm³/mol. The molecule has 0 fully saturated rings. The van der Waals surface area contributed by atoms with Crippen molar-refractivity contribution in [3.8, 4) is 56.2 Å². The molecular formula is C44H30N2S. The number of aromatic nitrogens is 2.